The molecule has 1 aromatic heterocycles. The van der Waals surface area contributed by atoms with E-state index >= 15 is 0 Å². The maximum atomic E-state index is 5.29. The van der Waals surface area contributed by atoms with Gasteiger partial charge in [0.25, 0.3) is 0 Å². The molecule has 0 radical (unpaired) electrons. The molecule has 1 aliphatic carbocycles. The van der Waals surface area contributed by atoms with E-state index < -0.39 is 0 Å². The minimum Gasteiger partial charge on any atom is -0.366 e. The average molecular weight is 253 g/mol. The molecule has 0 spiro atoms. The first-order valence-corrected chi connectivity index (χ1v) is 7.06. The minimum absolute atomic E-state index is 0.452. The standard InChI is InChI=1S/C11H19N5S/c1-2-17-9-5-3-4-8(9)14-10-6-7-13-11(15-10)16-12/h6-9H,2-5,12H2,1H3,(H2,13,14,15,16). The molecule has 0 bridgehead atoms. The summed E-state index contributed by atoms with van der Waals surface area (Å²) in [4.78, 5) is 8.28. The third-order valence-electron chi connectivity index (χ3n) is 2.95. The van der Waals surface area contributed by atoms with Crippen LogP contribution in [0, 0.1) is 0 Å². The van der Waals surface area contributed by atoms with Crippen molar-refractivity contribution in [1.29, 1.82) is 0 Å². The Kier molecular flexibility index (Phi) is 4.44. The molecule has 1 saturated carbocycles. The zero-order chi connectivity index (χ0) is 12.1. The summed E-state index contributed by atoms with van der Waals surface area (Å²) in [7, 11) is 0. The van der Waals surface area contributed by atoms with Crippen LogP contribution in [-0.4, -0.2) is 27.0 Å². The van der Waals surface area contributed by atoms with Crippen molar-refractivity contribution in [3.8, 4) is 0 Å². The molecular weight excluding hydrogens is 234 g/mol. The van der Waals surface area contributed by atoms with Crippen molar-refractivity contribution >= 4 is 23.5 Å². The highest BCUT2D eigenvalue weighted by Gasteiger charge is 2.27. The van der Waals surface area contributed by atoms with Crippen LogP contribution in [0.1, 0.15) is 26.2 Å². The Balaban J connectivity index is 1.99. The zero-order valence-corrected chi connectivity index (χ0v) is 10.8. The third-order valence-corrected chi connectivity index (χ3v) is 4.28. The number of hydrogen-bond donors (Lipinski definition) is 3. The number of nitrogens with one attached hydrogen (secondary N) is 2. The quantitative estimate of drug-likeness (QED) is 0.549. The van der Waals surface area contributed by atoms with Gasteiger partial charge in [0.2, 0.25) is 5.95 Å². The smallest absolute Gasteiger partial charge is 0.239 e. The SMILES string of the molecule is CCSC1CCCC1Nc1ccnc(NN)n1. The van der Waals surface area contributed by atoms with Gasteiger partial charge in [0.15, 0.2) is 0 Å². The van der Waals surface area contributed by atoms with E-state index in [4.69, 9.17) is 5.84 Å². The summed E-state index contributed by atoms with van der Waals surface area (Å²) in [5, 5.41) is 4.18. The molecule has 17 heavy (non-hydrogen) atoms. The van der Waals surface area contributed by atoms with Gasteiger partial charge in [-0.2, -0.15) is 16.7 Å². The number of rotatable bonds is 5. The van der Waals surface area contributed by atoms with E-state index in [1.165, 1.54) is 25.0 Å². The predicted molar refractivity (Wildman–Crippen MR) is 73.0 cm³/mol. The highest BCUT2D eigenvalue weighted by molar-refractivity contribution is 7.99. The van der Waals surface area contributed by atoms with Crippen molar-refractivity contribution in [2.75, 3.05) is 16.5 Å². The first-order chi connectivity index (χ1) is 8.33. The van der Waals surface area contributed by atoms with Gasteiger partial charge in [0, 0.05) is 17.5 Å². The Labute approximate surface area is 106 Å². The van der Waals surface area contributed by atoms with Crippen LogP contribution in [0.2, 0.25) is 0 Å². The van der Waals surface area contributed by atoms with E-state index in [0.29, 0.717) is 17.2 Å². The van der Waals surface area contributed by atoms with Crippen molar-refractivity contribution in [1.82, 2.24) is 9.97 Å². The van der Waals surface area contributed by atoms with E-state index in [9.17, 15) is 0 Å². The Morgan fingerprint density at radius 3 is 3.18 bits per heavy atom. The lowest BCUT2D eigenvalue weighted by atomic mass is 10.2. The van der Waals surface area contributed by atoms with Crippen LogP contribution in [0.3, 0.4) is 0 Å². The number of aromatic nitrogens is 2. The molecule has 6 heteroatoms. The van der Waals surface area contributed by atoms with Gasteiger partial charge in [-0.3, -0.25) is 5.43 Å². The Hall–Kier alpha value is -1.01. The van der Waals surface area contributed by atoms with E-state index in [1.807, 2.05) is 17.8 Å². The molecule has 0 amide bonds. The topological polar surface area (TPSA) is 75.9 Å². The maximum Gasteiger partial charge on any atom is 0.239 e. The molecule has 0 aliphatic heterocycles. The molecule has 0 saturated heterocycles. The molecule has 0 aromatic carbocycles. The summed E-state index contributed by atoms with van der Waals surface area (Å²) in [5.41, 5.74) is 2.46. The van der Waals surface area contributed by atoms with Crippen LogP contribution >= 0.6 is 11.8 Å². The second-order valence-corrected chi connectivity index (χ2v) is 5.60. The van der Waals surface area contributed by atoms with Crippen LogP contribution in [0.15, 0.2) is 12.3 Å². The number of anilines is 2. The van der Waals surface area contributed by atoms with Crippen molar-refractivity contribution < 1.29 is 0 Å². The van der Waals surface area contributed by atoms with Crippen LogP contribution in [0.5, 0.6) is 0 Å². The molecule has 94 valence electrons. The van der Waals surface area contributed by atoms with Gasteiger partial charge < -0.3 is 5.32 Å². The molecule has 4 N–H and O–H groups in total. The van der Waals surface area contributed by atoms with E-state index in [2.05, 4.69) is 27.6 Å². The summed E-state index contributed by atoms with van der Waals surface area (Å²) < 4.78 is 0. The number of thioether (sulfide) groups is 1. The lowest BCUT2D eigenvalue weighted by Crippen LogP contribution is -2.27. The lowest BCUT2D eigenvalue weighted by molar-refractivity contribution is 0.762. The van der Waals surface area contributed by atoms with Gasteiger partial charge >= 0.3 is 0 Å². The highest BCUT2D eigenvalue weighted by Crippen LogP contribution is 2.31. The second kappa shape index (κ2) is 6.07. The van der Waals surface area contributed by atoms with Gasteiger partial charge in [-0.25, -0.2) is 10.8 Å². The minimum atomic E-state index is 0.452. The number of nitrogens with zero attached hydrogens (tertiary/aromatic N) is 2. The number of hydrogen-bond acceptors (Lipinski definition) is 6. The highest BCUT2D eigenvalue weighted by atomic mass is 32.2. The van der Waals surface area contributed by atoms with E-state index in [1.54, 1.807) is 6.20 Å². The Morgan fingerprint density at radius 1 is 1.53 bits per heavy atom. The van der Waals surface area contributed by atoms with Gasteiger partial charge in [-0.1, -0.05) is 13.3 Å². The summed E-state index contributed by atoms with van der Waals surface area (Å²) >= 11 is 2.03. The molecule has 2 atom stereocenters. The largest absolute Gasteiger partial charge is 0.366 e. The molecule has 1 fully saturated rings. The number of hydrazine groups is 1. The number of nitrogens with two attached hydrogens (primary N) is 1. The van der Waals surface area contributed by atoms with Crippen LogP contribution in [0.4, 0.5) is 11.8 Å². The fraction of sp³-hybridized carbons (Fsp3) is 0.636. The fourth-order valence-corrected chi connectivity index (χ4v) is 3.40. The van der Waals surface area contributed by atoms with Gasteiger partial charge in [0.05, 0.1) is 0 Å². The van der Waals surface area contributed by atoms with Crippen molar-refractivity contribution in [2.24, 2.45) is 5.84 Å². The summed E-state index contributed by atoms with van der Waals surface area (Å²) in [6.45, 7) is 2.21. The van der Waals surface area contributed by atoms with Gasteiger partial charge in [-0.05, 0) is 24.7 Å². The van der Waals surface area contributed by atoms with Gasteiger partial charge in [0.1, 0.15) is 5.82 Å². The van der Waals surface area contributed by atoms with E-state index in [0.717, 1.165) is 5.82 Å². The van der Waals surface area contributed by atoms with Gasteiger partial charge in [-0.15, -0.1) is 0 Å². The molecule has 2 unspecified atom stereocenters. The molecule has 5 nitrogen and oxygen atoms in total. The fourth-order valence-electron chi connectivity index (χ4n) is 2.20. The Bertz CT molecular complexity index is 359. The lowest BCUT2D eigenvalue weighted by Gasteiger charge is -2.20. The van der Waals surface area contributed by atoms with E-state index in [-0.39, 0.29) is 0 Å². The first-order valence-electron chi connectivity index (χ1n) is 6.01. The van der Waals surface area contributed by atoms with Crippen molar-refractivity contribution in [3.63, 3.8) is 0 Å². The van der Waals surface area contributed by atoms with Crippen LogP contribution in [-0.2, 0) is 0 Å². The molecule has 1 aromatic rings. The summed E-state index contributed by atoms with van der Waals surface area (Å²) in [6, 6.07) is 2.40. The monoisotopic (exact) mass is 253 g/mol. The Morgan fingerprint density at radius 2 is 2.41 bits per heavy atom. The van der Waals surface area contributed by atoms with Crippen molar-refractivity contribution in [2.45, 2.75) is 37.5 Å². The third kappa shape index (κ3) is 3.23. The zero-order valence-electron chi connectivity index (χ0n) is 10.0. The molecular formula is C11H19N5S. The molecule has 1 heterocycles. The second-order valence-electron chi connectivity index (χ2n) is 4.09. The normalized spacial score (nSPS) is 23.6. The average Bonchev–Trinajstić information content (AvgIpc) is 2.78. The molecule has 1 aliphatic rings. The molecule has 2 rings (SSSR count). The summed E-state index contributed by atoms with van der Waals surface area (Å²) in [6.07, 6.45) is 5.51. The number of nitrogen functional groups attached to an aromatic ring is 1. The summed E-state index contributed by atoms with van der Waals surface area (Å²) in [5.74, 6) is 7.76. The first kappa shape index (κ1) is 12.4. The predicted octanol–water partition coefficient (Wildman–Crippen LogP) is 1.85. The van der Waals surface area contributed by atoms with Crippen LogP contribution < -0.4 is 16.6 Å². The van der Waals surface area contributed by atoms with Crippen LogP contribution in [0.25, 0.3) is 0 Å². The van der Waals surface area contributed by atoms with Crippen molar-refractivity contribution in [3.05, 3.63) is 12.3 Å². The maximum absolute atomic E-state index is 5.29.